The predicted molar refractivity (Wildman–Crippen MR) is 142 cm³/mol. The van der Waals surface area contributed by atoms with Crippen LogP contribution in [0.1, 0.15) is 39.2 Å². The van der Waals surface area contributed by atoms with Gasteiger partial charge in [0.05, 0.1) is 17.2 Å². The summed E-state index contributed by atoms with van der Waals surface area (Å²) < 4.78 is 5.90. The first-order valence-electron chi connectivity index (χ1n) is 11.9. The standard InChI is InChI=1S/C30H31BNO2/c1-29(2,33)30(3,4)34-31-23-18-16-21(17-19-23)22-10-9-11-24(20-22)32-27-14-7-5-12-25(27)26-13-6-8-15-28(26)32/h5-20,25,27,33H,1-4H3. The number of hydrogen-bond acceptors (Lipinski definition) is 3. The average molecular weight is 448 g/mol. The summed E-state index contributed by atoms with van der Waals surface area (Å²) in [6, 6.07) is 26.1. The van der Waals surface area contributed by atoms with E-state index in [-0.39, 0.29) is 0 Å². The summed E-state index contributed by atoms with van der Waals surface area (Å²) in [6.45, 7) is 7.30. The topological polar surface area (TPSA) is 32.7 Å². The minimum absolute atomic E-state index is 0.297. The molecule has 1 aliphatic carbocycles. The van der Waals surface area contributed by atoms with Crippen LogP contribution in [0, 0.1) is 0 Å². The molecule has 2 atom stereocenters. The van der Waals surface area contributed by atoms with Crippen molar-refractivity contribution in [3.05, 3.63) is 103 Å². The summed E-state index contributed by atoms with van der Waals surface area (Å²) in [5.41, 5.74) is 5.53. The zero-order valence-electron chi connectivity index (χ0n) is 20.3. The molecule has 2 unspecified atom stereocenters. The van der Waals surface area contributed by atoms with Crippen molar-refractivity contribution in [1.82, 2.24) is 0 Å². The lowest BCUT2D eigenvalue weighted by Crippen LogP contribution is -2.49. The number of aliphatic hydroxyl groups is 1. The highest BCUT2D eigenvalue weighted by Gasteiger charge is 2.37. The Kier molecular flexibility index (Phi) is 5.75. The van der Waals surface area contributed by atoms with E-state index in [2.05, 4.69) is 102 Å². The fraction of sp³-hybridized carbons (Fsp3) is 0.267. The van der Waals surface area contributed by atoms with Gasteiger partial charge in [-0.1, -0.05) is 84.4 Å². The lowest BCUT2D eigenvalue weighted by Gasteiger charge is -2.37. The second-order valence-corrected chi connectivity index (χ2v) is 10.2. The van der Waals surface area contributed by atoms with Crippen molar-refractivity contribution in [1.29, 1.82) is 0 Å². The quantitative estimate of drug-likeness (QED) is 0.477. The van der Waals surface area contributed by atoms with Gasteiger partial charge in [0.25, 0.3) is 0 Å². The Hall–Kier alpha value is -3.08. The largest absolute Gasteiger partial charge is 0.427 e. The summed E-state index contributed by atoms with van der Waals surface area (Å²) in [5, 5.41) is 10.3. The summed E-state index contributed by atoms with van der Waals surface area (Å²) in [4.78, 5) is 2.46. The monoisotopic (exact) mass is 448 g/mol. The third kappa shape index (κ3) is 4.13. The van der Waals surface area contributed by atoms with Crippen LogP contribution < -0.4 is 10.4 Å². The van der Waals surface area contributed by atoms with Gasteiger partial charge in [-0.15, -0.1) is 0 Å². The Bertz CT molecular complexity index is 1240. The smallest absolute Gasteiger partial charge is 0.330 e. The van der Waals surface area contributed by atoms with Crippen LogP contribution in [-0.4, -0.2) is 29.8 Å². The van der Waals surface area contributed by atoms with E-state index in [0.29, 0.717) is 12.0 Å². The molecule has 1 aliphatic heterocycles. The van der Waals surface area contributed by atoms with E-state index in [1.165, 1.54) is 22.5 Å². The van der Waals surface area contributed by atoms with Crippen LogP contribution in [0.15, 0.2) is 97.1 Å². The molecule has 5 rings (SSSR count). The molecule has 3 nitrogen and oxygen atoms in total. The third-order valence-electron chi connectivity index (χ3n) is 7.29. The number of anilines is 2. The molecule has 2 aliphatic rings. The van der Waals surface area contributed by atoms with Crippen molar-refractivity contribution in [2.45, 2.75) is 50.9 Å². The molecule has 3 aromatic carbocycles. The van der Waals surface area contributed by atoms with Crippen LogP contribution in [0.5, 0.6) is 0 Å². The van der Waals surface area contributed by atoms with Crippen molar-refractivity contribution in [3.63, 3.8) is 0 Å². The molecule has 0 aromatic heterocycles. The SMILES string of the molecule is CC(C)(O)C(C)(C)O[B]c1ccc(-c2cccc(N3c4ccccc4C4C=CC=CC43)c2)cc1. The fourth-order valence-electron chi connectivity index (χ4n) is 4.54. The van der Waals surface area contributed by atoms with Gasteiger partial charge >= 0.3 is 7.48 Å². The third-order valence-corrected chi connectivity index (χ3v) is 7.29. The summed E-state index contributed by atoms with van der Waals surface area (Å²) in [7, 11) is 1.72. The number of hydrogen-bond donors (Lipinski definition) is 1. The van der Waals surface area contributed by atoms with Crippen LogP contribution in [0.4, 0.5) is 11.4 Å². The molecule has 0 spiro atoms. The Balaban J connectivity index is 1.39. The molecular weight excluding hydrogens is 417 g/mol. The second kappa shape index (κ2) is 8.61. The first-order chi connectivity index (χ1) is 16.2. The van der Waals surface area contributed by atoms with Gasteiger partial charge in [0, 0.05) is 17.3 Å². The van der Waals surface area contributed by atoms with E-state index in [1.807, 2.05) is 13.8 Å². The molecule has 171 valence electrons. The molecule has 1 N–H and O–H groups in total. The molecule has 0 saturated heterocycles. The number of rotatable bonds is 6. The molecule has 0 bridgehead atoms. The average Bonchev–Trinajstić information content (AvgIpc) is 3.17. The molecule has 1 radical (unpaired) electrons. The van der Waals surface area contributed by atoms with Gasteiger partial charge in [0.2, 0.25) is 0 Å². The Morgan fingerprint density at radius 1 is 0.824 bits per heavy atom. The zero-order valence-corrected chi connectivity index (χ0v) is 20.3. The first-order valence-corrected chi connectivity index (χ1v) is 11.9. The van der Waals surface area contributed by atoms with Gasteiger partial charge in [0.15, 0.2) is 0 Å². The van der Waals surface area contributed by atoms with Crippen molar-refractivity contribution < 1.29 is 9.76 Å². The summed E-state index contributed by atoms with van der Waals surface area (Å²) >= 11 is 0. The van der Waals surface area contributed by atoms with Crippen molar-refractivity contribution >= 4 is 24.3 Å². The minimum Gasteiger partial charge on any atom is -0.427 e. The lowest BCUT2D eigenvalue weighted by molar-refractivity contribution is -0.0893. The van der Waals surface area contributed by atoms with E-state index in [4.69, 9.17) is 4.65 Å². The zero-order chi connectivity index (χ0) is 23.9. The number of para-hydroxylation sites is 1. The summed E-state index contributed by atoms with van der Waals surface area (Å²) in [5.74, 6) is 0.382. The molecule has 0 fully saturated rings. The van der Waals surface area contributed by atoms with Gasteiger partial charge in [-0.05, 0) is 62.6 Å². The maximum absolute atomic E-state index is 10.3. The van der Waals surface area contributed by atoms with Gasteiger partial charge in [-0.25, -0.2) is 0 Å². The molecule has 4 heteroatoms. The van der Waals surface area contributed by atoms with Crippen molar-refractivity contribution in [2.75, 3.05) is 4.90 Å². The van der Waals surface area contributed by atoms with Crippen LogP contribution in [0.2, 0.25) is 0 Å². The Morgan fingerprint density at radius 3 is 2.32 bits per heavy atom. The van der Waals surface area contributed by atoms with Gasteiger partial charge in [-0.2, -0.15) is 0 Å². The minimum atomic E-state index is -0.944. The van der Waals surface area contributed by atoms with Crippen LogP contribution >= 0.6 is 0 Å². The first kappa shape index (κ1) is 22.7. The predicted octanol–water partition coefficient (Wildman–Crippen LogP) is 5.89. The Labute approximate surface area is 203 Å². The van der Waals surface area contributed by atoms with Crippen molar-refractivity contribution in [2.24, 2.45) is 0 Å². The molecule has 0 amide bonds. The number of allylic oxidation sites excluding steroid dienone is 2. The maximum Gasteiger partial charge on any atom is 0.330 e. The van der Waals surface area contributed by atoms with E-state index >= 15 is 0 Å². The van der Waals surface area contributed by atoms with E-state index < -0.39 is 11.2 Å². The maximum atomic E-state index is 10.3. The second-order valence-electron chi connectivity index (χ2n) is 10.2. The molecule has 1 heterocycles. The molecule has 34 heavy (non-hydrogen) atoms. The Morgan fingerprint density at radius 2 is 1.56 bits per heavy atom. The van der Waals surface area contributed by atoms with Crippen LogP contribution in [-0.2, 0) is 4.65 Å². The molecular formula is C30H31BNO2. The molecule has 3 aromatic rings. The lowest BCUT2D eigenvalue weighted by atomic mass is 9.82. The van der Waals surface area contributed by atoms with Gasteiger partial charge in [-0.3, -0.25) is 0 Å². The van der Waals surface area contributed by atoms with Gasteiger partial charge in [0.1, 0.15) is 0 Å². The summed E-state index contributed by atoms with van der Waals surface area (Å²) in [6.07, 6.45) is 8.92. The highest BCUT2D eigenvalue weighted by Crippen LogP contribution is 2.47. The van der Waals surface area contributed by atoms with E-state index in [0.717, 1.165) is 11.0 Å². The molecule has 0 saturated carbocycles. The van der Waals surface area contributed by atoms with Crippen LogP contribution in [0.3, 0.4) is 0 Å². The van der Waals surface area contributed by atoms with Crippen molar-refractivity contribution in [3.8, 4) is 11.1 Å². The normalized spacial score (nSPS) is 19.1. The number of nitrogens with zero attached hydrogens (tertiary/aromatic N) is 1. The number of benzene rings is 3. The highest BCUT2D eigenvalue weighted by atomic mass is 16.5. The highest BCUT2D eigenvalue weighted by molar-refractivity contribution is 6.47. The fourth-order valence-corrected chi connectivity index (χ4v) is 4.54. The van der Waals surface area contributed by atoms with E-state index in [1.54, 1.807) is 21.3 Å². The number of fused-ring (bicyclic) bond motifs is 3. The van der Waals surface area contributed by atoms with Gasteiger partial charge < -0.3 is 14.7 Å². The van der Waals surface area contributed by atoms with E-state index in [9.17, 15) is 5.11 Å². The van der Waals surface area contributed by atoms with Crippen LogP contribution in [0.25, 0.3) is 11.1 Å².